The van der Waals surface area contributed by atoms with Gasteiger partial charge in [0.1, 0.15) is 5.69 Å². The predicted octanol–water partition coefficient (Wildman–Crippen LogP) is 3.05. The van der Waals surface area contributed by atoms with Crippen molar-refractivity contribution in [2.75, 3.05) is 20.6 Å². The molecule has 122 valence electrons. The summed E-state index contributed by atoms with van der Waals surface area (Å²) in [6.45, 7) is 0.868. The molecule has 1 aromatic carbocycles. The van der Waals surface area contributed by atoms with Crippen molar-refractivity contribution in [3.8, 4) is 11.3 Å². The summed E-state index contributed by atoms with van der Waals surface area (Å²) in [7, 11) is 4.07. The number of halogens is 1. The molecule has 2 N–H and O–H groups in total. The molecule has 1 aromatic heterocycles. The lowest BCUT2D eigenvalue weighted by atomic mass is 9.76. The Morgan fingerprint density at radius 1 is 1.35 bits per heavy atom. The van der Waals surface area contributed by atoms with Crippen molar-refractivity contribution < 1.29 is 4.79 Å². The molecule has 1 aliphatic carbocycles. The van der Waals surface area contributed by atoms with Crippen LogP contribution in [0.4, 0.5) is 0 Å². The first-order valence-corrected chi connectivity index (χ1v) is 8.55. The lowest BCUT2D eigenvalue weighted by Crippen LogP contribution is -2.58. The van der Waals surface area contributed by atoms with Gasteiger partial charge < -0.3 is 10.2 Å². The Hall–Kier alpha value is -1.66. The summed E-state index contributed by atoms with van der Waals surface area (Å²) < 4.78 is 1.02. The van der Waals surface area contributed by atoms with Crippen LogP contribution in [0.15, 0.2) is 34.8 Å². The molecule has 1 aliphatic rings. The van der Waals surface area contributed by atoms with Crippen LogP contribution in [0.25, 0.3) is 11.3 Å². The Labute approximate surface area is 144 Å². The van der Waals surface area contributed by atoms with E-state index in [1.165, 1.54) is 6.42 Å². The van der Waals surface area contributed by atoms with E-state index >= 15 is 0 Å². The number of carbonyl (C=O) groups is 1. The van der Waals surface area contributed by atoms with Crippen LogP contribution in [0.1, 0.15) is 29.8 Å². The number of benzene rings is 1. The monoisotopic (exact) mass is 376 g/mol. The number of nitrogens with one attached hydrogen (secondary N) is 2. The zero-order valence-corrected chi connectivity index (χ0v) is 15.0. The molecule has 5 nitrogen and oxygen atoms in total. The van der Waals surface area contributed by atoms with Crippen molar-refractivity contribution in [1.82, 2.24) is 20.4 Å². The van der Waals surface area contributed by atoms with Crippen LogP contribution in [-0.2, 0) is 0 Å². The van der Waals surface area contributed by atoms with E-state index in [0.717, 1.165) is 35.1 Å². The maximum Gasteiger partial charge on any atom is 0.269 e. The van der Waals surface area contributed by atoms with E-state index in [-0.39, 0.29) is 11.4 Å². The fourth-order valence-corrected chi connectivity index (χ4v) is 3.31. The van der Waals surface area contributed by atoms with Crippen molar-refractivity contribution in [3.63, 3.8) is 0 Å². The smallest absolute Gasteiger partial charge is 0.269 e. The Bertz CT molecular complexity index is 689. The first kappa shape index (κ1) is 16.2. The summed E-state index contributed by atoms with van der Waals surface area (Å²) >= 11 is 3.42. The first-order valence-electron chi connectivity index (χ1n) is 7.76. The molecule has 0 saturated heterocycles. The lowest BCUT2D eigenvalue weighted by molar-refractivity contribution is 0.0768. The van der Waals surface area contributed by atoms with Crippen LogP contribution in [0, 0.1) is 0 Å². The average Bonchev–Trinajstić information content (AvgIpc) is 2.95. The molecule has 1 fully saturated rings. The van der Waals surface area contributed by atoms with Gasteiger partial charge in [0.15, 0.2) is 0 Å². The third-order valence-electron chi connectivity index (χ3n) is 4.27. The minimum Gasteiger partial charge on any atom is -0.344 e. The number of amides is 1. The zero-order chi connectivity index (χ0) is 16.4. The van der Waals surface area contributed by atoms with E-state index in [9.17, 15) is 4.79 Å². The maximum atomic E-state index is 12.5. The quantitative estimate of drug-likeness (QED) is 0.842. The van der Waals surface area contributed by atoms with E-state index in [4.69, 9.17) is 0 Å². The van der Waals surface area contributed by atoms with Gasteiger partial charge >= 0.3 is 0 Å². The highest BCUT2D eigenvalue weighted by molar-refractivity contribution is 9.10. The van der Waals surface area contributed by atoms with Crippen LogP contribution in [0.3, 0.4) is 0 Å². The number of hydrogen-bond acceptors (Lipinski definition) is 3. The summed E-state index contributed by atoms with van der Waals surface area (Å²) in [5.41, 5.74) is 2.17. The number of hydrogen-bond donors (Lipinski definition) is 2. The highest BCUT2D eigenvalue weighted by Crippen LogP contribution is 2.32. The Balaban J connectivity index is 1.72. The summed E-state index contributed by atoms with van der Waals surface area (Å²) in [4.78, 5) is 14.6. The summed E-state index contributed by atoms with van der Waals surface area (Å²) in [5.74, 6) is -0.0811. The van der Waals surface area contributed by atoms with E-state index < -0.39 is 0 Å². The second kappa shape index (κ2) is 6.45. The molecular formula is C17H21BrN4O. The molecule has 0 radical (unpaired) electrons. The minimum atomic E-state index is -0.0938. The third-order valence-corrected chi connectivity index (χ3v) is 4.80. The molecule has 0 atom stereocenters. The van der Waals surface area contributed by atoms with Gasteiger partial charge in [-0.05, 0) is 51.6 Å². The molecule has 2 aromatic rings. The van der Waals surface area contributed by atoms with Gasteiger partial charge in [-0.15, -0.1) is 0 Å². The van der Waals surface area contributed by atoms with Gasteiger partial charge in [0.25, 0.3) is 5.91 Å². The summed E-state index contributed by atoms with van der Waals surface area (Å²) in [6.07, 6.45) is 3.23. The zero-order valence-electron chi connectivity index (χ0n) is 13.4. The van der Waals surface area contributed by atoms with Crippen LogP contribution >= 0.6 is 15.9 Å². The van der Waals surface area contributed by atoms with Crippen molar-refractivity contribution in [1.29, 1.82) is 0 Å². The number of likely N-dealkylation sites (N-methyl/N-ethyl adjacent to an activating group) is 1. The van der Waals surface area contributed by atoms with Crippen molar-refractivity contribution in [3.05, 3.63) is 40.5 Å². The molecule has 23 heavy (non-hydrogen) atoms. The Kier molecular flexibility index (Phi) is 4.55. The topological polar surface area (TPSA) is 61.0 Å². The number of carbonyl (C=O) groups excluding carboxylic acids is 1. The molecule has 1 heterocycles. The largest absolute Gasteiger partial charge is 0.344 e. The molecule has 0 unspecified atom stereocenters. The summed E-state index contributed by atoms with van der Waals surface area (Å²) in [6, 6.07) is 9.68. The molecule has 1 amide bonds. The fourth-order valence-electron chi connectivity index (χ4n) is 3.05. The van der Waals surface area contributed by atoms with Gasteiger partial charge in [-0.1, -0.05) is 28.1 Å². The van der Waals surface area contributed by atoms with Crippen molar-refractivity contribution in [2.24, 2.45) is 0 Å². The number of H-pyrrole nitrogens is 1. The maximum absolute atomic E-state index is 12.5. The van der Waals surface area contributed by atoms with Crippen molar-refractivity contribution >= 4 is 21.8 Å². The SMILES string of the molecule is CN(C)CC1(NC(=O)c2cc(-c3ccc(Br)cc3)n[nH]2)CCC1. The van der Waals surface area contributed by atoms with Gasteiger partial charge in [0.2, 0.25) is 0 Å². The Morgan fingerprint density at radius 2 is 2.04 bits per heavy atom. The van der Waals surface area contributed by atoms with Gasteiger partial charge in [-0.2, -0.15) is 5.10 Å². The van der Waals surface area contributed by atoms with Gasteiger partial charge in [0, 0.05) is 16.6 Å². The molecule has 0 bridgehead atoms. The second-order valence-corrected chi connectivity index (χ2v) is 7.42. The van der Waals surface area contributed by atoms with E-state index in [2.05, 4.69) is 36.3 Å². The van der Waals surface area contributed by atoms with Gasteiger partial charge in [-0.3, -0.25) is 9.89 Å². The molecule has 0 aliphatic heterocycles. The van der Waals surface area contributed by atoms with Crippen LogP contribution < -0.4 is 5.32 Å². The van der Waals surface area contributed by atoms with E-state index in [1.54, 1.807) is 6.07 Å². The third kappa shape index (κ3) is 3.64. The average molecular weight is 377 g/mol. The highest BCUT2D eigenvalue weighted by Gasteiger charge is 2.39. The Morgan fingerprint density at radius 3 is 2.61 bits per heavy atom. The van der Waals surface area contributed by atoms with Crippen molar-refractivity contribution in [2.45, 2.75) is 24.8 Å². The standard InChI is InChI=1S/C17H21BrN4O/c1-22(2)11-17(8-3-9-17)19-16(23)15-10-14(20-21-15)12-4-6-13(18)7-5-12/h4-7,10H,3,8-9,11H2,1-2H3,(H,19,23)(H,20,21). The number of rotatable bonds is 5. The lowest BCUT2D eigenvalue weighted by Gasteiger charge is -2.44. The second-order valence-electron chi connectivity index (χ2n) is 6.50. The summed E-state index contributed by atoms with van der Waals surface area (Å²) in [5, 5.41) is 10.3. The van der Waals surface area contributed by atoms with Crippen LogP contribution in [0.2, 0.25) is 0 Å². The number of nitrogens with zero attached hydrogens (tertiary/aromatic N) is 2. The minimum absolute atomic E-state index is 0.0811. The fraction of sp³-hybridized carbons (Fsp3) is 0.412. The van der Waals surface area contributed by atoms with Gasteiger partial charge in [0.05, 0.1) is 11.2 Å². The van der Waals surface area contributed by atoms with E-state index in [0.29, 0.717) is 5.69 Å². The predicted molar refractivity (Wildman–Crippen MR) is 94.3 cm³/mol. The molecule has 3 rings (SSSR count). The van der Waals surface area contributed by atoms with E-state index in [1.807, 2.05) is 38.4 Å². The normalized spacial score (nSPS) is 16.2. The molecular weight excluding hydrogens is 356 g/mol. The highest BCUT2D eigenvalue weighted by atomic mass is 79.9. The molecule has 0 spiro atoms. The van der Waals surface area contributed by atoms with Crippen LogP contribution in [-0.4, -0.2) is 47.2 Å². The molecule has 1 saturated carbocycles. The molecule has 6 heteroatoms. The van der Waals surface area contributed by atoms with Gasteiger partial charge in [-0.25, -0.2) is 0 Å². The number of aromatic nitrogens is 2. The number of aromatic amines is 1. The first-order chi connectivity index (χ1) is 11.0. The van der Waals surface area contributed by atoms with Crippen LogP contribution in [0.5, 0.6) is 0 Å².